The molecule has 0 amide bonds. The first kappa shape index (κ1) is 13.3. The van der Waals surface area contributed by atoms with Crippen molar-refractivity contribution in [2.24, 2.45) is 0 Å². The Morgan fingerprint density at radius 1 is 1.32 bits per heavy atom. The maximum atomic E-state index is 11.1. The topological polar surface area (TPSA) is 55.1 Å². The number of aromatic nitrogens is 2. The smallest absolute Gasteiger partial charge is 0.336 e. The van der Waals surface area contributed by atoms with E-state index in [-0.39, 0.29) is 5.41 Å². The molecule has 2 rings (SSSR count). The summed E-state index contributed by atoms with van der Waals surface area (Å²) < 4.78 is 1.88. The minimum absolute atomic E-state index is 0.0242. The van der Waals surface area contributed by atoms with E-state index >= 15 is 0 Å². The fourth-order valence-corrected chi connectivity index (χ4v) is 1.98. The second kappa shape index (κ2) is 4.53. The quantitative estimate of drug-likeness (QED) is 0.900. The second-order valence-electron chi connectivity index (χ2n) is 5.67. The van der Waals surface area contributed by atoms with Crippen molar-refractivity contribution in [3.63, 3.8) is 0 Å². The fourth-order valence-electron chi connectivity index (χ4n) is 1.98. The Labute approximate surface area is 112 Å². The van der Waals surface area contributed by atoms with E-state index in [0.717, 1.165) is 16.9 Å². The fraction of sp³-hybridized carbons (Fsp3) is 0.333. The number of imidazole rings is 1. The normalized spacial score (nSPS) is 11.6. The molecule has 0 atom stereocenters. The lowest BCUT2D eigenvalue weighted by atomic mass is 9.93. The van der Waals surface area contributed by atoms with Gasteiger partial charge in [0.25, 0.3) is 0 Å². The van der Waals surface area contributed by atoms with Gasteiger partial charge in [-0.25, -0.2) is 9.78 Å². The summed E-state index contributed by atoms with van der Waals surface area (Å²) in [5.41, 5.74) is 2.87. The molecular weight excluding hydrogens is 240 g/mol. The number of aromatic carboxylic acids is 1. The molecule has 1 aromatic carbocycles. The molecule has 0 aliphatic rings. The van der Waals surface area contributed by atoms with Gasteiger partial charge in [0.1, 0.15) is 0 Å². The highest BCUT2D eigenvalue weighted by Crippen LogP contribution is 2.23. The lowest BCUT2D eigenvalue weighted by molar-refractivity contribution is 0.0696. The average molecular weight is 258 g/mol. The van der Waals surface area contributed by atoms with E-state index in [0.29, 0.717) is 5.56 Å². The predicted octanol–water partition coefficient (Wildman–Crippen LogP) is 3.18. The van der Waals surface area contributed by atoms with Crippen molar-refractivity contribution < 1.29 is 9.90 Å². The number of hydrogen-bond donors (Lipinski definition) is 1. The second-order valence-corrected chi connectivity index (χ2v) is 5.67. The van der Waals surface area contributed by atoms with Crippen LogP contribution in [0.5, 0.6) is 0 Å². The molecule has 4 heteroatoms. The summed E-state index contributed by atoms with van der Waals surface area (Å²) >= 11 is 0. The molecule has 2 aromatic rings. The Hall–Kier alpha value is -2.10. The first-order valence-electron chi connectivity index (χ1n) is 6.18. The summed E-state index contributed by atoms with van der Waals surface area (Å²) in [5, 5.41) is 9.15. The molecule has 4 nitrogen and oxygen atoms in total. The predicted molar refractivity (Wildman–Crippen MR) is 74.0 cm³/mol. The van der Waals surface area contributed by atoms with Crippen LogP contribution in [0.1, 0.15) is 42.4 Å². The Kier molecular flexibility index (Phi) is 3.18. The summed E-state index contributed by atoms with van der Waals surface area (Å²) in [6.07, 6.45) is 3.68. The van der Waals surface area contributed by atoms with E-state index in [9.17, 15) is 4.79 Å². The molecule has 0 saturated heterocycles. The number of hydrogen-bond acceptors (Lipinski definition) is 2. The van der Waals surface area contributed by atoms with Crippen molar-refractivity contribution in [2.75, 3.05) is 0 Å². The minimum Gasteiger partial charge on any atom is -0.478 e. The Balaban J connectivity index is 2.51. The summed E-state index contributed by atoms with van der Waals surface area (Å²) in [6.45, 7) is 8.11. The number of carbonyl (C=O) groups is 1. The van der Waals surface area contributed by atoms with E-state index in [2.05, 4.69) is 25.8 Å². The summed E-state index contributed by atoms with van der Waals surface area (Å²) in [7, 11) is 0. The molecule has 1 N–H and O–H groups in total. The summed E-state index contributed by atoms with van der Waals surface area (Å²) in [4.78, 5) is 15.5. The molecule has 0 spiro atoms. The number of carboxylic acids is 1. The van der Waals surface area contributed by atoms with Gasteiger partial charge in [-0.15, -0.1) is 0 Å². The summed E-state index contributed by atoms with van der Waals surface area (Å²) in [5.74, 6) is -0.907. The van der Waals surface area contributed by atoms with Gasteiger partial charge in [-0.05, 0) is 24.6 Å². The van der Waals surface area contributed by atoms with Crippen LogP contribution in [0.2, 0.25) is 0 Å². The van der Waals surface area contributed by atoms with Crippen molar-refractivity contribution in [3.05, 3.63) is 47.5 Å². The first-order valence-corrected chi connectivity index (χ1v) is 6.18. The molecule has 0 aliphatic carbocycles. The van der Waals surface area contributed by atoms with Crippen LogP contribution in [0, 0.1) is 6.92 Å². The van der Waals surface area contributed by atoms with E-state index in [1.54, 1.807) is 18.5 Å². The number of carboxylic acid groups (broad SMARTS) is 1. The molecule has 1 aromatic heterocycles. The highest BCUT2D eigenvalue weighted by molar-refractivity contribution is 5.90. The molecular formula is C15H18N2O2. The van der Waals surface area contributed by atoms with Crippen LogP contribution in [0.25, 0.3) is 5.69 Å². The molecule has 0 saturated carbocycles. The molecule has 1 heterocycles. The van der Waals surface area contributed by atoms with Gasteiger partial charge in [0.05, 0.1) is 23.3 Å². The van der Waals surface area contributed by atoms with Crippen LogP contribution in [0.4, 0.5) is 0 Å². The molecule has 0 bridgehead atoms. The van der Waals surface area contributed by atoms with Crippen LogP contribution < -0.4 is 0 Å². The van der Waals surface area contributed by atoms with E-state index < -0.39 is 5.97 Å². The van der Waals surface area contributed by atoms with E-state index in [4.69, 9.17) is 5.11 Å². The number of benzene rings is 1. The van der Waals surface area contributed by atoms with Crippen LogP contribution in [-0.2, 0) is 5.41 Å². The molecule has 0 fully saturated rings. The zero-order valence-corrected chi connectivity index (χ0v) is 11.6. The first-order chi connectivity index (χ1) is 8.80. The van der Waals surface area contributed by atoms with Gasteiger partial charge in [-0.2, -0.15) is 0 Å². The molecule has 0 radical (unpaired) electrons. The van der Waals surface area contributed by atoms with Gasteiger partial charge in [0, 0.05) is 11.6 Å². The van der Waals surface area contributed by atoms with Crippen LogP contribution in [0.15, 0.2) is 30.7 Å². The Morgan fingerprint density at radius 3 is 2.53 bits per heavy atom. The third-order valence-corrected chi connectivity index (χ3v) is 3.16. The molecule has 0 aliphatic heterocycles. The molecule has 100 valence electrons. The van der Waals surface area contributed by atoms with Gasteiger partial charge in [-0.1, -0.05) is 26.8 Å². The van der Waals surface area contributed by atoms with Gasteiger partial charge in [-0.3, -0.25) is 0 Å². The van der Waals surface area contributed by atoms with Gasteiger partial charge in [0.2, 0.25) is 0 Å². The third-order valence-electron chi connectivity index (χ3n) is 3.16. The van der Waals surface area contributed by atoms with Gasteiger partial charge >= 0.3 is 5.97 Å². The number of rotatable bonds is 2. The van der Waals surface area contributed by atoms with Crippen LogP contribution in [0.3, 0.4) is 0 Å². The average Bonchev–Trinajstić information content (AvgIpc) is 2.77. The monoisotopic (exact) mass is 258 g/mol. The lowest BCUT2D eigenvalue weighted by Crippen LogP contribution is -2.11. The maximum absolute atomic E-state index is 11.1. The van der Waals surface area contributed by atoms with Crippen LogP contribution in [-0.4, -0.2) is 20.6 Å². The van der Waals surface area contributed by atoms with Crippen molar-refractivity contribution in [1.82, 2.24) is 9.55 Å². The Morgan fingerprint density at radius 2 is 2.00 bits per heavy atom. The van der Waals surface area contributed by atoms with Crippen LogP contribution >= 0.6 is 0 Å². The van der Waals surface area contributed by atoms with Gasteiger partial charge < -0.3 is 9.67 Å². The highest BCUT2D eigenvalue weighted by atomic mass is 16.4. The van der Waals surface area contributed by atoms with E-state index in [1.807, 2.05) is 23.8 Å². The largest absolute Gasteiger partial charge is 0.478 e. The Bertz CT molecular complexity index is 621. The van der Waals surface area contributed by atoms with Crippen molar-refractivity contribution >= 4 is 5.97 Å². The van der Waals surface area contributed by atoms with E-state index in [1.165, 1.54) is 0 Å². The standard InChI is InChI=1S/C15H18N2O2/c1-10-11(14(18)19)6-5-7-12(10)17-8-13(16-9-17)15(2,3)4/h5-9H,1-4H3,(H,18,19). The zero-order valence-electron chi connectivity index (χ0n) is 11.6. The van der Waals surface area contributed by atoms with Crippen molar-refractivity contribution in [3.8, 4) is 5.69 Å². The third kappa shape index (κ3) is 2.52. The lowest BCUT2D eigenvalue weighted by Gasteiger charge is -2.14. The SMILES string of the molecule is Cc1c(C(=O)O)cccc1-n1cnc(C(C)(C)C)c1. The molecule has 19 heavy (non-hydrogen) atoms. The minimum atomic E-state index is -0.907. The molecule has 0 unspecified atom stereocenters. The zero-order chi connectivity index (χ0) is 14.2. The van der Waals surface area contributed by atoms with Gasteiger partial charge in [0.15, 0.2) is 0 Å². The summed E-state index contributed by atoms with van der Waals surface area (Å²) in [6, 6.07) is 5.27. The van der Waals surface area contributed by atoms with Crippen molar-refractivity contribution in [1.29, 1.82) is 0 Å². The maximum Gasteiger partial charge on any atom is 0.336 e. The number of nitrogens with zero attached hydrogens (tertiary/aromatic N) is 2. The highest BCUT2D eigenvalue weighted by Gasteiger charge is 2.18. The van der Waals surface area contributed by atoms with Crippen molar-refractivity contribution in [2.45, 2.75) is 33.1 Å².